The predicted molar refractivity (Wildman–Crippen MR) is 85.6 cm³/mol. The summed E-state index contributed by atoms with van der Waals surface area (Å²) in [5.74, 6) is -0.675. The summed E-state index contributed by atoms with van der Waals surface area (Å²) in [6.07, 6.45) is -1.38. The van der Waals surface area contributed by atoms with E-state index in [-0.39, 0.29) is 12.5 Å². The fourth-order valence-electron chi connectivity index (χ4n) is 3.11. The van der Waals surface area contributed by atoms with Crippen LogP contribution in [0.5, 0.6) is 0 Å². The van der Waals surface area contributed by atoms with Crippen molar-refractivity contribution in [2.24, 2.45) is 5.92 Å². The van der Waals surface area contributed by atoms with Crippen molar-refractivity contribution in [1.82, 2.24) is 9.88 Å². The van der Waals surface area contributed by atoms with Crippen LogP contribution in [-0.2, 0) is 4.79 Å². The van der Waals surface area contributed by atoms with Crippen molar-refractivity contribution < 1.29 is 18.0 Å². The molecule has 24 heavy (non-hydrogen) atoms. The molecule has 1 aliphatic rings. The second-order valence-electron chi connectivity index (χ2n) is 6.05. The van der Waals surface area contributed by atoms with Crippen LogP contribution in [0.25, 0.3) is 10.9 Å². The average molecular weight is 337 g/mol. The van der Waals surface area contributed by atoms with Crippen LogP contribution in [0, 0.1) is 5.92 Å². The van der Waals surface area contributed by atoms with Gasteiger partial charge in [-0.1, -0.05) is 6.07 Å². The molecule has 4 nitrogen and oxygen atoms in total. The molecular weight excluding hydrogens is 319 g/mol. The van der Waals surface area contributed by atoms with E-state index in [1.165, 1.54) is 4.90 Å². The quantitative estimate of drug-likeness (QED) is 0.933. The Bertz CT molecular complexity index is 727. The molecule has 1 saturated heterocycles. The molecule has 0 saturated carbocycles. The van der Waals surface area contributed by atoms with Gasteiger partial charge < -0.3 is 5.32 Å². The Kier molecular flexibility index (Phi) is 4.71. The largest absolute Gasteiger partial charge is 0.401 e. The molecule has 1 N–H and O–H groups in total. The maximum atomic E-state index is 12.5. The van der Waals surface area contributed by atoms with E-state index < -0.39 is 18.6 Å². The van der Waals surface area contributed by atoms with Crippen molar-refractivity contribution in [3.05, 3.63) is 36.5 Å². The minimum absolute atomic E-state index is 0.133. The number of carbonyl (C=O) groups excluding carboxylic acids is 1. The molecule has 1 fully saturated rings. The molecule has 3 rings (SSSR count). The zero-order valence-corrected chi connectivity index (χ0v) is 13.0. The van der Waals surface area contributed by atoms with Crippen LogP contribution in [0.15, 0.2) is 36.5 Å². The molecule has 1 aliphatic heterocycles. The van der Waals surface area contributed by atoms with Gasteiger partial charge in [0.1, 0.15) is 0 Å². The lowest BCUT2D eigenvalue weighted by Crippen LogP contribution is -2.44. The fourth-order valence-corrected chi connectivity index (χ4v) is 3.11. The number of pyridine rings is 1. The summed E-state index contributed by atoms with van der Waals surface area (Å²) in [4.78, 5) is 18.0. The number of benzene rings is 1. The summed E-state index contributed by atoms with van der Waals surface area (Å²) in [6, 6.07) is 9.05. The van der Waals surface area contributed by atoms with Crippen LogP contribution >= 0.6 is 0 Å². The topological polar surface area (TPSA) is 45.2 Å². The van der Waals surface area contributed by atoms with Gasteiger partial charge in [0.15, 0.2) is 0 Å². The molecule has 1 amide bonds. The Hall–Kier alpha value is -2.15. The molecule has 1 aromatic carbocycles. The molecule has 1 unspecified atom stereocenters. The predicted octanol–water partition coefficient (Wildman–Crippen LogP) is 3.45. The first kappa shape index (κ1) is 16.7. The Balaban J connectivity index is 1.70. The maximum Gasteiger partial charge on any atom is 0.401 e. The number of fused-ring (bicyclic) bond motifs is 1. The number of carbonyl (C=O) groups is 1. The molecule has 2 aromatic rings. The number of hydrogen-bond acceptors (Lipinski definition) is 3. The smallest absolute Gasteiger partial charge is 0.325 e. The second-order valence-corrected chi connectivity index (χ2v) is 6.05. The van der Waals surface area contributed by atoms with Gasteiger partial charge in [0.05, 0.1) is 23.7 Å². The highest BCUT2D eigenvalue weighted by molar-refractivity contribution is 6.01. The minimum Gasteiger partial charge on any atom is -0.325 e. The highest BCUT2D eigenvalue weighted by Crippen LogP contribution is 2.25. The van der Waals surface area contributed by atoms with Gasteiger partial charge in [0.25, 0.3) is 0 Å². The summed E-state index contributed by atoms with van der Waals surface area (Å²) in [5.41, 5.74) is 1.40. The van der Waals surface area contributed by atoms with Crippen LogP contribution < -0.4 is 5.32 Å². The number of alkyl halides is 3. The molecule has 0 radical (unpaired) electrons. The van der Waals surface area contributed by atoms with Crippen molar-refractivity contribution in [1.29, 1.82) is 0 Å². The van der Waals surface area contributed by atoms with Crippen molar-refractivity contribution in [3.8, 4) is 0 Å². The Morgan fingerprint density at radius 3 is 2.92 bits per heavy atom. The van der Waals surface area contributed by atoms with E-state index in [0.717, 1.165) is 10.9 Å². The molecule has 128 valence electrons. The van der Waals surface area contributed by atoms with Crippen LogP contribution in [0.2, 0.25) is 0 Å². The van der Waals surface area contributed by atoms with Crippen molar-refractivity contribution >= 4 is 22.5 Å². The lowest BCUT2D eigenvalue weighted by molar-refractivity contribution is -0.151. The number of hydrogen-bond donors (Lipinski definition) is 1. The van der Waals surface area contributed by atoms with Gasteiger partial charge in [-0.2, -0.15) is 13.2 Å². The number of piperidine rings is 1. The highest BCUT2D eigenvalue weighted by atomic mass is 19.4. The van der Waals surface area contributed by atoms with E-state index in [1.54, 1.807) is 24.4 Å². The lowest BCUT2D eigenvalue weighted by Gasteiger charge is -2.32. The van der Waals surface area contributed by atoms with Crippen LogP contribution in [-0.4, -0.2) is 41.6 Å². The zero-order chi connectivity index (χ0) is 17.2. The molecule has 2 heterocycles. The highest BCUT2D eigenvalue weighted by Gasteiger charge is 2.34. The van der Waals surface area contributed by atoms with Gasteiger partial charge in [-0.05, 0) is 43.7 Å². The summed E-state index contributed by atoms with van der Waals surface area (Å²) in [5, 5.41) is 3.67. The summed E-state index contributed by atoms with van der Waals surface area (Å²) >= 11 is 0. The van der Waals surface area contributed by atoms with Crippen LogP contribution in [0.4, 0.5) is 18.9 Å². The Morgan fingerprint density at radius 1 is 1.29 bits per heavy atom. The first-order valence-electron chi connectivity index (χ1n) is 7.86. The molecule has 0 bridgehead atoms. The molecule has 1 aromatic heterocycles. The molecule has 0 spiro atoms. The third-order valence-corrected chi connectivity index (χ3v) is 4.18. The van der Waals surface area contributed by atoms with Crippen LogP contribution in [0.3, 0.4) is 0 Å². The number of nitrogens with one attached hydrogen (secondary N) is 1. The minimum atomic E-state index is -4.24. The van der Waals surface area contributed by atoms with Gasteiger partial charge in [0.2, 0.25) is 5.91 Å². The summed E-state index contributed by atoms with van der Waals surface area (Å²) < 4.78 is 37.6. The van der Waals surface area contributed by atoms with Crippen molar-refractivity contribution in [3.63, 3.8) is 0 Å². The summed E-state index contributed by atoms with van der Waals surface area (Å²) in [7, 11) is 0. The standard InChI is InChI=1S/C17H18F3N3O/c18-17(19,20)11-23-9-3-4-12(10-23)16(24)22-15-7-1-6-14-13(15)5-2-8-21-14/h1-2,5-8,12H,3-4,9-11H2,(H,22,24). The fraction of sp³-hybridized carbons (Fsp3) is 0.412. The van der Waals surface area contributed by atoms with Gasteiger partial charge in [-0.25, -0.2) is 0 Å². The maximum absolute atomic E-state index is 12.5. The van der Waals surface area contributed by atoms with E-state index in [4.69, 9.17) is 0 Å². The monoisotopic (exact) mass is 337 g/mol. The zero-order valence-electron chi connectivity index (χ0n) is 13.0. The third kappa shape index (κ3) is 4.03. The van der Waals surface area contributed by atoms with Gasteiger partial charge >= 0.3 is 6.18 Å². The number of anilines is 1. The van der Waals surface area contributed by atoms with Gasteiger partial charge in [-0.3, -0.25) is 14.7 Å². The number of halogens is 3. The van der Waals surface area contributed by atoms with Gasteiger partial charge in [0, 0.05) is 18.1 Å². The number of amides is 1. The molecule has 0 aliphatic carbocycles. The average Bonchev–Trinajstić information content (AvgIpc) is 2.54. The first-order valence-corrected chi connectivity index (χ1v) is 7.86. The van der Waals surface area contributed by atoms with E-state index in [2.05, 4.69) is 10.3 Å². The number of aromatic nitrogens is 1. The van der Waals surface area contributed by atoms with Crippen molar-refractivity contribution in [2.45, 2.75) is 19.0 Å². The second kappa shape index (κ2) is 6.76. The van der Waals surface area contributed by atoms with E-state index in [0.29, 0.717) is 25.1 Å². The molecule has 7 heteroatoms. The summed E-state index contributed by atoms with van der Waals surface area (Å²) in [6.45, 7) is -0.454. The third-order valence-electron chi connectivity index (χ3n) is 4.18. The van der Waals surface area contributed by atoms with Crippen molar-refractivity contribution in [2.75, 3.05) is 25.0 Å². The first-order chi connectivity index (χ1) is 11.4. The van der Waals surface area contributed by atoms with E-state index in [1.807, 2.05) is 12.1 Å². The Labute approximate surface area is 137 Å². The van der Waals surface area contributed by atoms with Gasteiger partial charge in [-0.15, -0.1) is 0 Å². The number of rotatable bonds is 3. The molecular formula is C17H18F3N3O. The SMILES string of the molecule is O=C(Nc1cccc2ncccc12)C1CCCN(CC(F)(F)F)C1. The van der Waals surface area contributed by atoms with Crippen LogP contribution in [0.1, 0.15) is 12.8 Å². The number of likely N-dealkylation sites (tertiary alicyclic amines) is 1. The lowest BCUT2D eigenvalue weighted by atomic mass is 9.97. The van der Waals surface area contributed by atoms with E-state index in [9.17, 15) is 18.0 Å². The van der Waals surface area contributed by atoms with E-state index >= 15 is 0 Å². The Morgan fingerprint density at radius 2 is 2.12 bits per heavy atom. The normalized spacial score (nSPS) is 19.4. The molecule has 1 atom stereocenters. The number of nitrogens with zero attached hydrogens (tertiary/aromatic N) is 2.